The maximum Gasteiger partial charge on any atom is 0.273 e. The summed E-state index contributed by atoms with van der Waals surface area (Å²) in [5.41, 5.74) is 0.622. The Labute approximate surface area is 161 Å². The van der Waals surface area contributed by atoms with Gasteiger partial charge < -0.3 is 15.5 Å². The Kier molecular flexibility index (Phi) is 8.46. The van der Waals surface area contributed by atoms with Crippen LogP contribution in [0.15, 0.2) is 18.2 Å². The number of halogens is 1. The molecule has 0 saturated carbocycles. The summed E-state index contributed by atoms with van der Waals surface area (Å²) in [6.07, 6.45) is 0.869. The Balaban J connectivity index is 0.00000338. The Bertz CT molecular complexity index is 625. The third-order valence-corrected chi connectivity index (χ3v) is 4.41. The molecule has 146 valence electrons. The lowest BCUT2D eigenvalue weighted by atomic mass is 9.85. The normalized spacial score (nSPS) is 15.2. The van der Waals surface area contributed by atoms with Gasteiger partial charge in [0.05, 0.1) is 4.92 Å². The van der Waals surface area contributed by atoms with Crippen molar-refractivity contribution in [1.29, 1.82) is 0 Å². The van der Waals surface area contributed by atoms with Gasteiger partial charge in [-0.2, -0.15) is 0 Å². The number of nitrogens with zero attached hydrogens (tertiary/aromatic N) is 2. The zero-order chi connectivity index (χ0) is 18.4. The Morgan fingerprint density at radius 3 is 2.54 bits per heavy atom. The molecule has 1 aliphatic rings. The first-order chi connectivity index (χ1) is 11.8. The summed E-state index contributed by atoms with van der Waals surface area (Å²) in [6.45, 7) is 11.4. The molecule has 1 aromatic rings. The van der Waals surface area contributed by atoms with E-state index in [-0.39, 0.29) is 29.4 Å². The van der Waals surface area contributed by atoms with Crippen molar-refractivity contribution < 1.29 is 9.72 Å². The first kappa shape index (κ1) is 22.3. The van der Waals surface area contributed by atoms with Gasteiger partial charge in [-0.25, -0.2) is 0 Å². The van der Waals surface area contributed by atoms with Crippen LogP contribution >= 0.6 is 12.4 Å². The topological polar surface area (TPSA) is 87.5 Å². The summed E-state index contributed by atoms with van der Waals surface area (Å²) in [7, 11) is 0. The van der Waals surface area contributed by atoms with Crippen LogP contribution in [0.25, 0.3) is 0 Å². The quantitative estimate of drug-likeness (QED) is 0.446. The molecule has 1 heterocycles. The molecular formula is C18H29ClN4O3. The summed E-state index contributed by atoms with van der Waals surface area (Å²) in [5, 5.41) is 17.5. The number of carbonyl (C=O) groups is 1. The van der Waals surface area contributed by atoms with E-state index in [4.69, 9.17) is 0 Å². The molecular weight excluding hydrogens is 356 g/mol. The Hall–Kier alpha value is -1.70. The molecule has 1 fully saturated rings. The predicted molar refractivity (Wildman–Crippen MR) is 105 cm³/mol. The van der Waals surface area contributed by atoms with Gasteiger partial charge in [0.1, 0.15) is 0 Å². The van der Waals surface area contributed by atoms with Crippen LogP contribution in [0.4, 0.5) is 5.69 Å². The van der Waals surface area contributed by atoms with Crippen molar-refractivity contribution in [3.8, 4) is 0 Å². The van der Waals surface area contributed by atoms with E-state index in [2.05, 4.69) is 15.5 Å². The molecule has 0 aliphatic carbocycles. The molecule has 0 radical (unpaired) electrons. The monoisotopic (exact) mass is 384 g/mol. The van der Waals surface area contributed by atoms with Gasteiger partial charge in [0.2, 0.25) is 0 Å². The van der Waals surface area contributed by atoms with Crippen molar-refractivity contribution in [1.82, 2.24) is 15.5 Å². The molecule has 26 heavy (non-hydrogen) atoms. The number of nitrogens with one attached hydrogen (secondary N) is 2. The molecule has 0 spiro atoms. The van der Waals surface area contributed by atoms with Crippen LogP contribution in [0.2, 0.25) is 0 Å². The summed E-state index contributed by atoms with van der Waals surface area (Å²) < 4.78 is 0. The highest BCUT2D eigenvalue weighted by molar-refractivity contribution is 5.95. The van der Waals surface area contributed by atoms with E-state index in [1.807, 2.05) is 20.8 Å². The van der Waals surface area contributed by atoms with Gasteiger partial charge in [0, 0.05) is 49.9 Å². The predicted octanol–water partition coefficient (Wildman–Crippen LogP) is 2.34. The number of carbonyl (C=O) groups excluding carboxylic acids is 1. The van der Waals surface area contributed by atoms with E-state index in [1.54, 1.807) is 12.1 Å². The molecule has 1 aliphatic heterocycles. The number of hydrogen-bond donors (Lipinski definition) is 2. The third-order valence-electron chi connectivity index (χ3n) is 4.41. The van der Waals surface area contributed by atoms with E-state index in [1.165, 1.54) is 6.07 Å². The molecule has 2 N–H and O–H groups in total. The summed E-state index contributed by atoms with van der Waals surface area (Å²) in [5.74, 6) is -0.260. The fourth-order valence-corrected chi connectivity index (χ4v) is 3.00. The molecule has 2 rings (SSSR count). The van der Waals surface area contributed by atoms with Crippen molar-refractivity contribution in [2.24, 2.45) is 0 Å². The molecule has 0 atom stereocenters. The van der Waals surface area contributed by atoms with Gasteiger partial charge in [-0.05, 0) is 24.4 Å². The van der Waals surface area contributed by atoms with Crippen LogP contribution in [-0.4, -0.2) is 55.0 Å². The number of benzene rings is 1. The van der Waals surface area contributed by atoms with Gasteiger partial charge in [-0.1, -0.05) is 26.8 Å². The van der Waals surface area contributed by atoms with Crippen LogP contribution in [0.5, 0.6) is 0 Å². The summed E-state index contributed by atoms with van der Waals surface area (Å²) in [6, 6.07) is 4.74. The van der Waals surface area contributed by atoms with Crippen LogP contribution in [-0.2, 0) is 5.41 Å². The standard InChI is InChI=1S/C18H28N4O3.ClH/c1-18(2,3)15-6-5-14(13-16(15)22(24)25)17(23)20-7-4-10-21-11-8-19-9-12-21;/h5-6,13,19H,4,7-12H2,1-3H3,(H,20,23);1H. The van der Waals surface area contributed by atoms with Crippen LogP contribution < -0.4 is 10.6 Å². The molecule has 1 aromatic carbocycles. The zero-order valence-corrected chi connectivity index (χ0v) is 16.5. The number of nitro benzene ring substituents is 1. The molecule has 1 amide bonds. The average Bonchev–Trinajstić information content (AvgIpc) is 2.58. The smallest absolute Gasteiger partial charge is 0.273 e. The van der Waals surface area contributed by atoms with Gasteiger partial charge in [-0.3, -0.25) is 14.9 Å². The highest BCUT2D eigenvalue weighted by Gasteiger charge is 2.26. The highest BCUT2D eigenvalue weighted by atomic mass is 35.5. The van der Waals surface area contributed by atoms with Crippen molar-refractivity contribution >= 4 is 24.0 Å². The van der Waals surface area contributed by atoms with Gasteiger partial charge >= 0.3 is 0 Å². The van der Waals surface area contributed by atoms with E-state index in [0.717, 1.165) is 39.1 Å². The van der Waals surface area contributed by atoms with Crippen molar-refractivity contribution in [3.63, 3.8) is 0 Å². The second kappa shape index (κ2) is 9.85. The van der Waals surface area contributed by atoms with Crippen LogP contribution in [0.3, 0.4) is 0 Å². The van der Waals surface area contributed by atoms with E-state index in [9.17, 15) is 14.9 Å². The van der Waals surface area contributed by atoms with E-state index >= 15 is 0 Å². The maximum atomic E-state index is 12.3. The maximum absolute atomic E-state index is 12.3. The molecule has 8 heteroatoms. The lowest BCUT2D eigenvalue weighted by Crippen LogP contribution is -2.44. The first-order valence-corrected chi connectivity index (χ1v) is 8.79. The largest absolute Gasteiger partial charge is 0.352 e. The van der Waals surface area contributed by atoms with Gasteiger partial charge in [-0.15, -0.1) is 12.4 Å². The minimum Gasteiger partial charge on any atom is -0.352 e. The van der Waals surface area contributed by atoms with E-state index < -0.39 is 4.92 Å². The second-order valence-electron chi connectivity index (χ2n) is 7.44. The summed E-state index contributed by atoms with van der Waals surface area (Å²) in [4.78, 5) is 25.6. The lowest BCUT2D eigenvalue weighted by molar-refractivity contribution is -0.386. The minimum atomic E-state index is -0.415. The fraction of sp³-hybridized carbons (Fsp3) is 0.611. The average molecular weight is 385 g/mol. The molecule has 0 bridgehead atoms. The third kappa shape index (κ3) is 6.23. The number of piperazine rings is 1. The molecule has 0 unspecified atom stereocenters. The number of amides is 1. The van der Waals surface area contributed by atoms with Crippen molar-refractivity contribution in [2.45, 2.75) is 32.6 Å². The van der Waals surface area contributed by atoms with Crippen molar-refractivity contribution in [3.05, 3.63) is 39.4 Å². The highest BCUT2D eigenvalue weighted by Crippen LogP contribution is 2.31. The van der Waals surface area contributed by atoms with Gasteiger partial charge in [0.15, 0.2) is 0 Å². The number of nitro groups is 1. The fourth-order valence-electron chi connectivity index (χ4n) is 3.00. The Morgan fingerprint density at radius 2 is 1.96 bits per heavy atom. The summed E-state index contributed by atoms with van der Waals surface area (Å²) >= 11 is 0. The number of hydrogen-bond acceptors (Lipinski definition) is 5. The van der Waals surface area contributed by atoms with Crippen LogP contribution in [0, 0.1) is 10.1 Å². The second-order valence-corrected chi connectivity index (χ2v) is 7.44. The minimum absolute atomic E-state index is 0. The Morgan fingerprint density at radius 1 is 1.31 bits per heavy atom. The number of rotatable bonds is 6. The van der Waals surface area contributed by atoms with Gasteiger partial charge in [0.25, 0.3) is 11.6 Å². The first-order valence-electron chi connectivity index (χ1n) is 8.79. The zero-order valence-electron chi connectivity index (χ0n) is 15.7. The molecule has 7 nitrogen and oxygen atoms in total. The lowest BCUT2D eigenvalue weighted by Gasteiger charge is -2.27. The molecule has 1 saturated heterocycles. The SMILES string of the molecule is CC(C)(C)c1ccc(C(=O)NCCCN2CCNCC2)cc1[N+](=O)[O-].Cl. The molecule has 0 aromatic heterocycles. The van der Waals surface area contributed by atoms with Crippen molar-refractivity contribution in [2.75, 3.05) is 39.3 Å². The van der Waals surface area contributed by atoms with E-state index in [0.29, 0.717) is 17.7 Å². The van der Waals surface area contributed by atoms with Crippen LogP contribution in [0.1, 0.15) is 43.1 Å².